The molecule has 106 valence electrons. The fraction of sp³-hybridized carbons (Fsp3) is 0.167. The van der Waals surface area contributed by atoms with E-state index < -0.39 is 17.6 Å². The average molecular weight is 285 g/mol. The first-order valence-corrected chi connectivity index (χ1v) is 5.60. The number of anilines is 1. The Morgan fingerprint density at radius 2 is 1.80 bits per heavy atom. The second-order valence-electron chi connectivity index (χ2n) is 4.02. The van der Waals surface area contributed by atoms with Crippen molar-refractivity contribution in [2.45, 2.75) is 12.6 Å². The molecule has 5 nitrogen and oxygen atoms in total. The van der Waals surface area contributed by atoms with Crippen molar-refractivity contribution in [3.05, 3.63) is 41.6 Å². The maximum atomic E-state index is 12.4. The van der Waals surface area contributed by atoms with Crippen molar-refractivity contribution in [3.63, 3.8) is 0 Å². The third kappa shape index (κ3) is 3.28. The molecule has 2 rings (SSSR count). The van der Waals surface area contributed by atoms with E-state index in [1.807, 2.05) is 0 Å². The molecular formula is C12H10F3N3O2. The summed E-state index contributed by atoms with van der Waals surface area (Å²) in [6.45, 7) is 0. The highest BCUT2D eigenvalue weighted by atomic mass is 19.4. The molecule has 1 heterocycles. The molecule has 1 aliphatic heterocycles. The van der Waals surface area contributed by atoms with Crippen LogP contribution in [-0.4, -0.2) is 11.8 Å². The number of rotatable bonds is 2. The lowest BCUT2D eigenvalue weighted by atomic mass is 10.2. The van der Waals surface area contributed by atoms with Crippen LogP contribution in [0.2, 0.25) is 0 Å². The van der Waals surface area contributed by atoms with Crippen molar-refractivity contribution in [1.29, 1.82) is 0 Å². The first-order valence-electron chi connectivity index (χ1n) is 5.60. The minimum Gasteiger partial charge on any atom is -0.321 e. The van der Waals surface area contributed by atoms with Crippen LogP contribution in [0.5, 0.6) is 0 Å². The lowest BCUT2D eigenvalue weighted by molar-refractivity contribution is -0.137. The monoisotopic (exact) mass is 285 g/mol. The normalized spacial score (nSPS) is 14.9. The van der Waals surface area contributed by atoms with Crippen molar-refractivity contribution >= 4 is 17.5 Å². The van der Waals surface area contributed by atoms with Gasteiger partial charge in [0.15, 0.2) is 0 Å². The highest BCUT2D eigenvalue weighted by Crippen LogP contribution is 2.29. The van der Waals surface area contributed by atoms with Gasteiger partial charge in [-0.3, -0.25) is 20.4 Å². The van der Waals surface area contributed by atoms with E-state index in [1.54, 1.807) is 0 Å². The minimum atomic E-state index is -4.42. The second-order valence-corrected chi connectivity index (χ2v) is 4.02. The number of carbonyl (C=O) groups is 2. The molecule has 0 saturated carbocycles. The van der Waals surface area contributed by atoms with Crippen molar-refractivity contribution in [1.82, 2.24) is 10.9 Å². The highest BCUT2D eigenvalue weighted by molar-refractivity contribution is 6.04. The number of alkyl halides is 3. The topological polar surface area (TPSA) is 70.2 Å². The Morgan fingerprint density at radius 1 is 1.15 bits per heavy atom. The van der Waals surface area contributed by atoms with Crippen LogP contribution in [0.1, 0.15) is 12.0 Å². The fourth-order valence-electron chi connectivity index (χ4n) is 1.52. The Hall–Kier alpha value is -2.51. The van der Waals surface area contributed by atoms with Gasteiger partial charge in [-0.05, 0) is 30.3 Å². The predicted molar refractivity (Wildman–Crippen MR) is 64.1 cm³/mol. The molecule has 1 aliphatic rings. The van der Waals surface area contributed by atoms with Crippen LogP contribution in [0.15, 0.2) is 36.0 Å². The lowest BCUT2D eigenvalue weighted by Crippen LogP contribution is -2.43. The summed E-state index contributed by atoms with van der Waals surface area (Å²) >= 11 is 0. The van der Waals surface area contributed by atoms with Crippen molar-refractivity contribution in [2.24, 2.45) is 0 Å². The smallest absolute Gasteiger partial charge is 0.321 e. The average Bonchev–Trinajstić information content (AvgIpc) is 2.39. The van der Waals surface area contributed by atoms with Gasteiger partial charge in [-0.15, -0.1) is 0 Å². The van der Waals surface area contributed by atoms with Crippen LogP contribution in [0, 0.1) is 0 Å². The van der Waals surface area contributed by atoms with E-state index >= 15 is 0 Å². The van der Waals surface area contributed by atoms with Gasteiger partial charge in [0.25, 0.3) is 5.91 Å². The maximum Gasteiger partial charge on any atom is 0.416 e. The summed E-state index contributed by atoms with van der Waals surface area (Å²) < 4.78 is 37.1. The Bertz CT molecular complexity index is 564. The molecule has 0 bridgehead atoms. The summed E-state index contributed by atoms with van der Waals surface area (Å²) in [6, 6.07) is 4.06. The standard InChI is InChI=1S/C12H10F3N3O2/c13-12(14,15)7-1-3-8(4-2-7)16-11(20)9-5-6-10(19)18-17-9/h1-5,17H,6H2,(H,16,20)(H,18,19). The molecule has 3 N–H and O–H groups in total. The number of benzene rings is 1. The van der Waals surface area contributed by atoms with Crippen molar-refractivity contribution in [3.8, 4) is 0 Å². The summed E-state index contributed by atoms with van der Waals surface area (Å²) in [4.78, 5) is 22.6. The first-order chi connectivity index (χ1) is 9.36. The summed E-state index contributed by atoms with van der Waals surface area (Å²) in [5.74, 6) is -0.833. The van der Waals surface area contributed by atoms with Crippen LogP contribution in [-0.2, 0) is 15.8 Å². The van der Waals surface area contributed by atoms with E-state index in [0.29, 0.717) is 0 Å². The number of hydrazine groups is 1. The fourth-order valence-corrected chi connectivity index (χ4v) is 1.52. The number of carbonyl (C=O) groups excluding carboxylic acids is 2. The Kier molecular flexibility index (Phi) is 3.64. The van der Waals surface area contributed by atoms with Crippen molar-refractivity contribution < 1.29 is 22.8 Å². The van der Waals surface area contributed by atoms with Crippen LogP contribution < -0.4 is 16.2 Å². The third-order valence-corrected chi connectivity index (χ3v) is 2.54. The van der Waals surface area contributed by atoms with Gasteiger partial charge < -0.3 is 5.32 Å². The zero-order valence-corrected chi connectivity index (χ0v) is 10.0. The number of amides is 2. The SMILES string of the molecule is O=C1CC=C(C(=O)Nc2ccc(C(F)(F)F)cc2)NN1. The van der Waals surface area contributed by atoms with Crippen LogP contribution in [0.3, 0.4) is 0 Å². The van der Waals surface area contributed by atoms with E-state index in [-0.39, 0.29) is 23.7 Å². The Labute approximate surface area is 111 Å². The van der Waals surface area contributed by atoms with E-state index in [0.717, 1.165) is 24.3 Å². The molecule has 8 heteroatoms. The minimum absolute atomic E-state index is 0.0583. The summed E-state index contributed by atoms with van der Waals surface area (Å²) in [6.07, 6.45) is -2.97. The molecule has 20 heavy (non-hydrogen) atoms. The first kappa shape index (κ1) is 13.9. The van der Waals surface area contributed by atoms with E-state index in [4.69, 9.17) is 0 Å². The van der Waals surface area contributed by atoms with Crippen LogP contribution in [0.4, 0.5) is 18.9 Å². The summed E-state index contributed by atoms with van der Waals surface area (Å²) in [5, 5.41) is 2.42. The lowest BCUT2D eigenvalue weighted by Gasteiger charge is -2.16. The largest absolute Gasteiger partial charge is 0.416 e. The molecule has 0 fully saturated rings. The molecule has 0 saturated heterocycles. The van der Waals surface area contributed by atoms with Gasteiger partial charge >= 0.3 is 6.18 Å². The molecule has 0 atom stereocenters. The maximum absolute atomic E-state index is 12.4. The summed E-state index contributed by atoms with van der Waals surface area (Å²) in [7, 11) is 0. The molecule has 0 aromatic heterocycles. The van der Waals surface area contributed by atoms with Crippen molar-refractivity contribution in [2.75, 3.05) is 5.32 Å². The molecule has 2 amide bonds. The third-order valence-electron chi connectivity index (χ3n) is 2.54. The molecule has 0 spiro atoms. The van der Waals surface area contributed by atoms with Gasteiger partial charge in [0.1, 0.15) is 5.70 Å². The zero-order chi connectivity index (χ0) is 14.8. The molecule has 0 unspecified atom stereocenters. The molecular weight excluding hydrogens is 275 g/mol. The quantitative estimate of drug-likeness (QED) is 0.772. The van der Waals surface area contributed by atoms with Gasteiger partial charge in [-0.2, -0.15) is 13.2 Å². The second kappa shape index (κ2) is 5.24. The number of hydrogen-bond donors (Lipinski definition) is 3. The number of nitrogens with one attached hydrogen (secondary N) is 3. The van der Waals surface area contributed by atoms with Crippen LogP contribution in [0.25, 0.3) is 0 Å². The van der Waals surface area contributed by atoms with E-state index in [9.17, 15) is 22.8 Å². The number of halogens is 3. The van der Waals surface area contributed by atoms with E-state index in [2.05, 4.69) is 16.2 Å². The van der Waals surface area contributed by atoms with Gasteiger partial charge in [-0.25, -0.2) is 0 Å². The van der Waals surface area contributed by atoms with Gasteiger partial charge in [0.2, 0.25) is 5.91 Å². The number of hydrogen-bond acceptors (Lipinski definition) is 3. The predicted octanol–water partition coefficient (Wildman–Crippen LogP) is 1.55. The Balaban J connectivity index is 2.03. The zero-order valence-electron chi connectivity index (χ0n) is 10.0. The van der Waals surface area contributed by atoms with Gasteiger partial charge in [0, 0.05) is 12.1 Å². The van der Waals surface area contributed by atoms with E-state index in [1.165, 1.54) is 6.08 Å². The van der Waals surface area contributed by atoms with Gasteiger partial charge in [0.05, 0.1) is 5.56 Å². The van der Waals surface area contributed by atoms with Crippen LogP contribution >= 0.6 is 0 Å². The highest BCUT2D eigenvalue weighted by Gasteiger charge is 2.30. The van der Waals surface area contributed by atoms with Gasteiger partial charge in [-0.1, -0.05) is 0 Å². The Morgan fingerprint density at radius 3 is 2.30 bits per heavy atom. The summed E-state index contributed by atoms with van der Waals surface area (Å²) in [5.41, 5.74) is 4.22. The molecule has 1 aromatic carbocycles. The molecule has 0 radical (unpaired) electrons. The molecule has 1 aromatic rings. The molecule has 0 aliphatic carbocycles.